The molecule has 0 N–H and O–H groups in total. The van der Waals surface area contributed by atoms with Crippen LogP contribution >= 0.6 is 0 Å². The molecule has 0 aliphatic carbocycles. The Bertz CT molecular complexity index is 460. The van der Waals surface area contributed by atoms with Crippen molar-refractivity contribution in [3.8, 4) is 0 Å². The second-order valence-electron chi connectivity index (χ2n) is 3.20. The molecule has 0 amide bonds. The summed E-state index contributed by atoms with van der Waals surface area (Å²) in [6.07, 6.45) is 2.85. The summed E-state index contributed by atoms with van der Waals surface area (Å²) in [6, 6.07) is 7.83. The van der Waals surface area contributed by atoms with Crippen molar-refractivity contribution in [1.29, 1.82) is 0 Å². The molecule has 2 aromatic rings. The highest BCUT2D eigenvalue weighted by molar-refractivity contribution is 5.97. The number of Topliss-reactive ketones (excluding diaryl/α,β-unsaturated/α-hetero) is 1. The van der Waals surface area contributed by atoms with Crippen LogP contribution in [0, 0.1) is 5.82 Å². The Morgan fingerprint density at radius 2 is 2.07 bits per heavy atom. The van der Waals surface area contributed by atoms with Gasteiger partial charge in [-0.05, 0) is 17.7 Å². The molecule has 0 saturated heterocycles. The Hall–Kier alpha value is -1.90. The zero-order chi connectivity index (χ0) is 10.7. The highest BCUT2D eigenvalue weighted by Gasteiger charge is 2.10. The van der Waals surface area contributed by atoms with Crippen molar-refractivity contribution >= 4 is 5.78 Å². The van der Waals surface area contributed by atoms with Crippen molar-refractivity contribution in [3.63, 3.8) is 0 Å². The molecule has 0 fully saturated rings. The number of carbonyl (C=O) groups is 1. The van der Waals surface area contributed by atoms with Gasteiger partial charge in [0.25, 0.3) is 0 Å². The van der Waals surface area contributed by atoms with Crippen LogP contribution in [0.2, 0.25) is 0 Å². The molecule has 0 aliphatic rings. The topological polar surface area (TPSA) is 30.2 Å². The molecule has 2 nitrogen and oxygen atoms in total. The molecule has 1 heterocycles. The van der Waals surface area contributed by atoms with Crippen molar-refractivity contribution in [3.05, 3.63) is 59.8 Å². The van der Waals surface area contributed by atoms with Gasteiger partial charge in [0, 0.05) is 6.42 Å². The van der Waals surface area contributed by atoms with Crippen molar-refractivity contribution in [1.82, 2.24) is 0 Å². The number of ketones is 1. The minimum atomic E-state index is -0.352. The van der Waals surface area contributed by atoms with E-state index >= 15 is 0 Å². The largest absolute Gasteiger partial charge is 0.472 e. The molecule has 0 bridgehead atoms. The third kappa shape index (κ3) is 2.13. The average molecular weight is 204 g/mol. The summed E-state index contributed by atoms with van der Waals surface area (Å²) in [6.45, 7) is 0. The second kappa shape index (κ2) is 4.09. The lowest BCUT2D eigenvalue weighted by molar-refractivity contribution is 0.0991. The van der Waals surface area contributed by atoms with E-state index in [4.69, 9.17) is 4.42 Å². The van der Waals surface area contributed by atoms with E-state index in [-0.39, 0.29) is 18.0 Å². The maximum Gasteiger partial charge on any atom is 0.170 e. The second-order valence-corrected chi connectivity index (χ2v) is 3.20. The van der Waals surface area contributed by atoms with E-state index in [2.05, 4.69) is 0 Å². The lowest BCUT2D eigenvalue weighted by atomic mass is 10.1. The van der Waals surface area contributed by atoms with Gasteiger partial charge in [-0.1, -0.05) is 18.2 Å². The van der Waals surface area contributed by atoms with Crippen molar-refractivity contribution in [2.75, 3.05) is 0 Å². The molecule has 0 unspecified atom stereocenters. The van der Waals surface area contributed by atoms with Crippen LogP contribution in [0.4, 0.5) is 4.39 Å². The summed E-state index contributed by atoms with van der Waals surface area (Å²) >= 11 is 0. The number of furan rings is 1. The fourth-order valence-electron chi connectivity index (χ4n) is 1.34. The van der Waals surface area contributed by atoms with Crippen LogP contribution in [0.1, 0.15) is 15.9 Å². The van der Waals surface area contributed by atoms with Crippen LogP contribution in [0.25, 0.3) is 0 Å². The zero-order valence-corrected chi connectivity index (χ0v) is 7.94. The van der Waals surface area contributed by atoms with Gasteiger partial charge in [-0.15, -0.1) is 0 Å². The van der Waals surface area contributed by atoms with E-state index in [1.54, 1.807) is 24.3 Å². The minimum Gasteiger partial charge on any atom is -0.472 e. The van der Waals surface area contributed by atoms with E-state index < -0.39 is 0 Å². The molecular weight excluding hydrogens is 195 g/mol. The normalized spacial score (nSPS) is 10.2. The van der Waals surface area contributed by atoms with Gasteiger partial charge in [-0.2, -0.15) is 0 Å². The van der Waals surface area contributed by atoms with E-state index in [1.165, 1.54) is 18.6 Å². The van der Waals surface area contributed by atoms with Gasteiger partial charge in [0.1, 0.15) is 12.1 Å². The Kier molecular flexibility index (Phi) is 2.63. The summed E-state index contributed by atoms with van der Waals surface area (Å²) < 4.78 is 18.0. The Morgan fingerprint density at radius 3 is 2.73 bits per heavy atom. The third-order valence-electron chi connectivity index (χ3n) is 2.15. The molecular formula is C12H9FO2. The molecule has 0 saturated carbocycles. The number of rotatable bonds is 3. The van der Waals surface area contributed by atoms with Crippen LogP contribution in [0.3, 0.4) is 0 Å². The third-order valence-corrected chi connectivity index (χ3v) is 2.15. The summed E-state index contributed by atoms with van der Waals surface area (Å²) in [7, 11) is 0. The number of hydrogen-bond donors (Lipinski definition) is 0. The summed E-state index contributed by atoms with van der Waals surface area (Å²) in [5, 5.41) is 0. The molecule has 3 heteroatoms. The van der Waals surface area contributed by atoms with Crippen molar-refractivity contribution in [2.24, 2.45) is 0 Å². The van der Waals surface area contributed by atoms with Crippen LogP contribution in [-0.2, 0) is 6.42 Å². The van der Waals surface area contributed by atoms with Gasteiger partial charge >= 0.3 is 0 Å². The van der Waals surface area contributed by atoms with Gasteiger partial charge in [-0.3, -0.25) is 4.79 Å². The highest BCUT2D eigenvalue weighted by Crippen LogP contribution is 2.11. The molecule has 0 radical (unpaired) electrons. The summed E-state index contributed by atoms with van der Waals surface area (Å²) in [5.74, 6) is -0.497. The first-order valence-corrected chi connectivity index (χ1v) is 4.56. The molecule has 2 rings (SSSR count). The lowest BCUT2D eigenvalue weighted by Crippen LogP contribution is -2.03. The monoisotopic (exact) mass is 204 g/mol. The fourth-order valence-corrected chi connectivity index (χ4v) is 1.34. The molecule has 1 aromatic carbocycles. The summed E-state index contributed by atoms with van der Waals surface area (Å²) in [5.41, 5.74) is 0.877. The number of benzene rings is 1. The van der Waals surface area contributed by atoms with Crippen LogP contribution in [0.15, 0.2) is 47.3 Å². The molecule has 0 atom stereocenters. The molecule has 15 heavy (non-hydrogen) atoms. The van der Waals surface area contributed by atoms with Gasteiger partial charge in [-0.25, -0.2) is 4.39 Å². The Morgan fingerprint density at radius 1 is 1.27 bits per heavy atom. The molecule has 0 spiro atoms. The Labute approximate surface area is 86.3 Å². The predicted molar refractivity (Wildman–Crippen MR) is 53.1 cm³/mol. The smallest absolute Gasteiger partial charge is 0.170 e. The highest BCUT2D eigenvalue weighted by atomic mass is 19.1. The standard InChI is InChI=1S/C12H9FO2/c13-11-4-2-1-3-9(11)7-12(14)10-5-6-15-8-10/h1-6,8H,7H2. The van der Waals surface area contributed by atoms with Crippen LogP contribution in [0.5, 0.6) is 0 Å². The number of hydrogen-bond acceptors (Lipinski definition) is 2. The first kappa shape index (κ1) is 9.65. The van der Waals surface area contributed by atoms with E-state index in [0.717, 1.165) is 0 Å². The maximum absolute atomic E-state index is 13.2. The maximum atomic E-state index is 13.2. The number of carbonyl (C=O) groups excluding carboxylic acids is 1. The van der Waals surface area contributed by atoms with Crippen molar-refractivity contribution < 1.29 is 13.6 Å². The van der Waals surface area contributed by atoms with Gasteiger partial charge in [0.15, 0.2) is 5.78 Å². The first-order valence-electron chi connectivity index (χ1n) is 4.56. The SMILES string of the molecule is O=C(Cc1ccccc1F)c1ccoc1. The van der Waals surface area contributed by atoms with Gasteiger partial charge in [0.05, 0.1) is 11.8 Å². The van der Waals surface area contributed by atoms with Crippen molar-refractivity contribution in [2.45, 2.75) is 6.42 Å². The number of halogens is 1. The minimum absolute atomic E-state index is 0.0617. The zero-order valence-electron chi connectivity index (χ0n) is 7.94. The lowest BCUT2D eigenvalue weighted by Gasteiger charge is -2.00. The van der Waals surface area contributed by atoms with Crippen LogP contribution in [-0.4, -0.2) is 5.78 Å². The quantitative estimate of drug-likeness (QED) is 0.719. The molecule has 1 aromatic heterocycles. The average Bonchev–Trinajstić information content (AvgIpc) is 2.74. The van der Waals surface area contributed by atoms with Gasteiger partial charge in [0.2, 0.25) is 0 Å². The van der Waals surface area contributed by atoms with Gasteiger partial charge < -0.3 is 4.42 Å². The van der Waals surface area contributed by atoms with E-state index in [9.17, 15) is 9.18 Å². The Balaban J connectivity index is 2.17. The predicted octanol–water partition coefficient (Wildman–Crippen LogP) is 2.84. The molecule has 0 aliphatic heterocycles. The first-order chi connectivity index (χ1) is 7.27. The summed E-state index contributed by atoms with van der Waals surface area (Å²) in [4.78, 5) is 11.6. The fraction of sp³-hybridized carbons (Fsp3) is 0.0833. The molecule has 76 valence electrons. The van der Waals surface area contributed by atoms with Crippen LogP contribution < -0.4 is 0 Å². The van der Waals surface area contributed by atoms with E-state index in [0.29, 0.717) is 11.1 Å². The van der Waals surface area contributed by atoms with E-state index in [1.807, 2.05) is 0 Å².